The Kier molecular flexibility index (Phi) is 8.65. The molecule has 2 amide bonds. The van der Waals surface area contributed by atoms with Crippen LogP contribution in [0, 0.1) is 0 Å². The minimum atomic E-state index is -0.400. The number of nitrogen functional groups attached to an aromatic ring is 1. The molecule has 4 aliphatic heterocycles. The van der Waals surface area contributed by atoms with Gasteiger partial charge in [-0.2, -0.15) is 0 Å². The van der Waals surface area contributed by atoms with Crippen LogP contribution in [-0.4, -0.2) is 86.3 Å². The summed E-state index contributed by atoms with van der Waals surface area (Å²) in [6.45, 7) is 4.28. The summed E-state index contributed by atoms with van der Waals surface area (Å²) in [6, 6.07) is 17.3. The first-order valence-corrected chi connectivity index (χ1v) is 17.6. The zero-order chi connectivity index (χ0) is 34.2. The number of aromatic hydroxyl groups is 1. The number of piperazine rings is 1. The lowest BCUT2D eigenvalue weighted by Gasteiger charge is -2.42. The molecule has 6 heterocycles. The van der Waals surface area contributed by atoms with Gasteiger partial charge in [0.15, 0.2) is 5.82 Å². The molecule has 4 fully saturated rings. The van der Waals surface area contributed by atoms with Crippen molar-refractivity contribution >= 4 is 35.0 Å². The molecule has 2 bridgehead atoms. The first-order valence-electron chi connectivity index (χ1n) is 17.6. The largest absolute Gasteiger partial charge is 0.507 e. The Hall–Kier alpha value is -5.30. The number of nitrogens with two attached hydrogens (primary N) is 1. The molecule has 3 unspecified atom stereocenters. The van der Waals surface area contributed by atoms with Gasteiger partial charge in [0, 0.05) is 61.8 Å². The Morgan fingerprint density at radius 1 is 0.900 bits per heavy atom. The summed E-state index contributed by atoms with van der Waals surface area (Å²) in [5.74, 6) is 1.28. The third-order valence-electron chi connectivity index (χ3n) is 10.7. The van der Waals surface area contributed by atoms with E-state index in [1.807, 2.05) is 48.8 Å². The highest BCUT2D eigenvalue weighted by molar-refractivity contribution is 6.01. The SMILES string of the molecule is Nc1nnc(-c2ccccc2O)cc1N1CC2CCC(C1)N2c1ncc(C2CCN(Cc3ccccc3NC3CCC(=O)NC3=O)CC2)cn1. The Bertz CT molecular complexity index is 1870. The maximum Gasteiger partial charge on any atom is 0.249 e. The maximum absolute atomic E-state index is 12.3. The number of fused-ring (bicyclic) bond motifs is 2. The molecule has 258 valence electrons. The number of piperidine rings is 2. The second kappa shape index (κ2) is 13.5. The van der Waals surface area contributed by atoms with Crippen molar-refractivity contribution in [3.8, 4) is 17.0 Å². The van der Waals surface area contributed by atoms with E-state index in [9.17, 15) is 14.7 Å². The molecule has 0 spiro atoms. The average molecular weight is 675 g/mol. The van der Waals surface area contributed by atoms with Gasteiger partial charge >= 0.3 is 0 Å². The first-order chi connectivity index (χ1) is 24.4. The Morgan fingerprint density at radius 2 is 1.62 bits per heavy atom. The number of amides is 2. The molecule has 0 saturated carbocycles. The third kappa shape index (κ3) is 6.40. The number of para-hydroxylation sites is 2. The number of benzene rings is 2. The van der Waals surface area contributed by atoms with E-state index in [-0.39, 0.29) is 29.6 Å². The molecule has 0 aliphatic carbocycles. The monoisotopic (exact) mass is 674 g/mol. The molecule has 50 heavy (non-hydrogen) atoms. The van der Waals surface area contributed by atoms with E-state index in [0.717, 1.165) is 81.3 Å². The van der Waals surface area contributed by atoms with Gasteiger partial charge in [0.1, 0.15) is 11.8 Å². The number of imide groups is 1. The number of nitrogens with zero attached hydrogens (tertiary/aromatic N) is 7. The van der Waals surface area contributed by atoms with Gasteiger partial charge in [-0.25, -0.2) is 9.97 Å². The third-order valence-corrected chi connectivity index (χ3v) is 10.7. The molecule has 8 rings (SSSR count). The van der Waals surface area contributed by atoms with Crippen molar-refractivity contribution in [1.82, 2.24) is 30.4 Å². The van der Waals surface area contributed by atoms with Crippen LogP contribution in [0.2, 0.25) is 0 Å². The van der Waals surface area contributed by atoms with Gasteiger partial charge in [-0.05, 0) is 86.5 Å². The number of nitrogens with one attached hydrogen (secondary N) is 2. The number of phenols is 1. The predicted octanol–water partition coefficient (Wildman–Crippen LogP) is 3.68. The van der Waals surface area contributed by atoms with Gasteiger partial charge < -0.3 is 26.0 Å². The van der Waals surface area contributed by atoms with Crippen LogP contribution in [0.4, 0.5) is 23.1 Å². The smallest absolute Gasteiger partial charge is 0.249 e. The van der Waals surface area contributed by atoms with Crippen molar-refractivity contribution in [3.05, 3.63) is 78.1 Å². The zero-order valence-corrected chi connectivity index (χ0v) is 27.9. The van der Waals surface area contributed by atoms with Gasteiger partial charge in [0.05, 0.1) is 11.4 Å². The summed E-state index contributed by atoms with van der Waals surface area (Å²) in [5, 5.41) is 24.7. The van der Waals surface area contributed by atoms with Crippen LogP contribution in [0.5, 0.6) is 5.75 Å². The number of likely N-dealkylation sites (tertiary alicyclic amines) is 1. The van der Waals surface area contributed by atoms with E-state index in [1.54, 1.807) is 12.1 Å². The van der Waals surface area contributed by atoms with E-state index < -0.39 is 6.04 Å². The molecule has 5 N–H and O–H groups in total. The van der Waals surface area contributed by atoms with Crippen molar-refractivity contribution in [2.45, 2.75) is 69.1 Å². The van der Waals surface area contributed by atoms with Crippen molar-refractivity contribution in [1.29, 1.82) is 0 Å². The minimum absolute atomic E-state index is 0.163. The molecule has 4 aromatic rings. The van der Waals surface area contributed by atoms with Gasteiger partial charge in [0.25, 0.3) is 0 Å². The normalized spacial score (nSPS) is 22.8. The second-order valence-corrected chi connectivity index (χ2v) is 13.9. The summed E-state index contributed by atoms with van der Waals surface area (Å²) < 4.78 is 0. The molecule has 2 aromatic heterocycles. The summed E-state index contributed by atoms with van der Waals surface area (Å²) in [6.07, 6.45) is 9.07. The standard InChI is InChI=1S/C37H42N10O3/c38-35-32(17-31(43-44-35)28-6-2-4-8-33(28)48)46-21-26-9-10-27(22-46)47(26)37-39-18-25(19-40-37)23-13-15-45(16-14-23)20-24-5-1-3-7-29(24)41-30-11-12-34(49)42-36(30)50/h1-8,17-19,23,26-27,30,41,48H,9-16,20-22H2,(H2,38,44)(H,42,49,50). The van der Waals surface area contributed by atoms with E-state index in [0.29, 0.717) is 35.8 Å². The number of carbonyl (C=O) groups is 2. The molecule has 3 atom stereocenters. The number of phenolic OH excluding ortho intramolecular Hbond substituents is 1. The van der Waals surface area contributed by atoms with Crippen molar-refractivity contribution in [2.24, 2.45) is 0 Å². The number of carbonyl (C=O) groups excluding carboxylic acids is 2. The highest BCUT2D eigenvalue weighted by Gasteiger charge is 2.42. The number of anilines is 4. The number of rotatable bonds is 8. The van der Waals surface area contributed by atoms with Crippen molar-refractivity contribution < 1.29 is 14.7 Å². The molecule has 13 nitrogen and oxygen atoms in total. The fraction of sp³-hybridized carbons (Fsp3) is 0.405. The average Bonchev–Trinajstić information content (AvgIpc) is 3.39. The zero-order valence-electron chi connectivity index (χ0n) is 27.9. The molecular formula is C37H42N10O3. The quantitative estimate of drug-likeness (QED) is 0.201. The Labute approximate surface area is 290 Å². The lowest BCUT2D eigenvalue weighted by molar-refractivity contribution is -0.133. The first kappa shape index (κ1) is 31.9. The maximum atomic E-state index is 12.3. The molecule has 13 heteroatoms. The van der Waals surface area contributed by atoms with E-state index >= 15 is 0 Å². The van der Waals surface area contributed by atoms with Gasteiger partial charge in [0.2, 0.25) is 17.8 Å². The van der Waals surface area contributed by atoms with Crippen LogP contribution in [0.15, 0.2) is 67.0 Å². The van der Waals surface area contributed by atoms with E-state index in [2.05, 4.69) is 41.6 Å². The highest BCUT2D eigenvalue weighted by atomic mass is 16.3. The fourth-order valence-corrected chi connectivity index (χ4v) is 8.05. The molecule has 4 aliphatic rings. The fourth-order valence-electron chi connectivity index (χ4n) is 8.05. The number of hydrogen-bond donors (Lipinski definition) is 4. The molecular weight excluding hydrogens is 632 g/mol. The summed E-state index contributed by atoms with van der Waals surface area (Å²) in [7, 11) is 0. The summed E-state index contributed by atoms with van der Waals surface area (Å²) in [4.78, 5) is 40.9. The van der Waals surface area contributed by atoms with Gasteiger partial charge in [-0.1, -0.05) is 30.3 Å². The summed E-state index contributed by atoms with van der Waals surface area (Å²) in [5.41, 5.74) is 11.7. The van der Waals surface area contributed by atoms with E-state index in [4.69, 9.17) is 15.7 Å². The molecule has 4 saturated heterocycles. The van der Waals surface area contributed by atoms with Gasteiger partial charge in [-0.15, -0.1) is 10.2 Å². The Balaban J connectivity index is 0.879. The highest BCUT2D eigenvalue weighted by Crippen LogP contribution is 2.38. The topological polar surface area (TPSA) is 166 Å². The van der Waals surface area contributed by atoms with Crippen LogP contribution in [0.3, 0.4) is 0 Å². The van der Waals surface area contributed by atoms with Crippen molar-refractivity contribution in [2.75, 3.05) is 47.0 Å². The van der Waals surface area contributed by atoms with Gasteiger partial charge in [-0.3, -0.25) is 19.8 Å². The van der Waals surface area contributed by atoms with E-state index in [1.165, 1.54) is 5.56 Å². The lowest BCUT2D eigenvalue weighted by atomic mass is 9.91. The number of aromatic nitrogens is 4. The van der Waals surface area contributed by atoms with Crippen LogP contribution in [0.1, 0.15) is 55.6 Å². The summed E-state index contributed by atoms with van der Waals surface area (Å²) >= 11 is 0. The molecule has 0 radical (unpaired) electrons. The van der Waals surface area contributed by atoms with Crippen LogP contribution < -0.4 is 26.2 Å². The van der Waals surface area contributed by atoms with Crippen LogP contribution in [-0.2, 0) is 16.1 Å². The predicted molar refractivity (Wildman–Crippen MR) is 191 cm³/mol. The Morgan fingerprint density at radius 3 is 2.36 bits per heavy atom. The van der Waals surface area contributed by atoms with Crippen LogP contribution >= 0.6 is 0 Å². The van der Waals surface area contributed by atoms with Crippen LogP contribution in [0.25, 0.3) is 11.3 Å². The second-order valence-electron chi connectivity index (χ2n) is 13.9. The lowest BCUT2D eigenvalue weighted by Crippen LogP contribution is -2.54. The minimum Gasteiger partial charge on any atom is -0.507 e. The molecule has 2 aromatic carbocycles. The number of hydrogen-bond acceptors (Lipinski definition) is 12. The van der Waals surface area contributed by atoms with Crippen molar-refractivity contribution in [3.63, 3.8) is 0 Å².